The molecule has 0 aliphatic carbocycles. The third-order valence-corrected chi connectivity index (χ3v) is 10.9. The Morgan fingerprint density at radius 2 is 0.807 bits per heavy atom. The molecular weight excluding hydrogens is 719 g/mol. The monoisotopic (exact) mass is 747 g/mol. The van der Waals surface area contributed by atoms with E-state index in [4.69, 9.17) is 36.5 Å². The van der Waals surface area contributed by atoms with E-state index in [0.29, 0.717) is 40.6 Å². The van der Waals surface area contributed by atoms with Gasteiger partial charge in [0.25, 0.3) is 0 Å². The largest absolute Gasteiger partial charge is 0.238 e. The Morgan fingerprint density at radius 3 is 1.37 bits per heavy atom. The first-order valence-corrected chi connectivity index (χ1v) is 19.2. The second kappa shape index (κ2) is 14.5. The number of benzene rings is 7. The summed E-state index contributed by atoms with van der Waals surface area (Å²) in [5.41, 5.74) is 8.01. The number of rotatable bonds is 7. The van der Waals surface area contributed by atoms with Gasteiger partial charge in [-0.1, -0.05) is 146 Å². The Kier molecular flexibility index (Phi) is 8.60. The molecule has 0 radical (unpaired) electrons. The third-order valence-electron chi connectivity index (χ3n) is 9.81. The van der Waals surface area contributed by atoms with Gasteiger partial charge in [-0.3, -0.25) is 0 Å². The standard InChI is InChI=1S/C49H29N7S/c1-50-38-20-11-19-36(29-38)31-23-25-35(26-24-31)47-52-46(34-17-9-4-10-18-34)55-49(56-47)39-21-12-22-42-43(39)40-30-37(27-28-41(40)57-42)48-53-44(32-13-5-2-6-14-32)51-45(54-48)33-15-7-3-8-16-33/h2-30H. The summed E-state index contributed by atoms with van der Waals surface area (Å²) < 4.78 is 2.26. The van der Waals surface area contributed by atoms with Crippen LogP contribution in [0.4, 0.5) is 5.69 Å². The molecule has 10 rings (SSSR count). The lowest BCUT2D eigenvalue weighted by atomic mass is 10.0. The lowest BCUT2D eigenvalue weighted by molar-refractivity contribution is 1.07. The number of thiophene rings is 1. The molecule has 0 amide bonds. The van der Waals surface area contributed by atoms with Crippen molar-refractivity contribution in [3.05, 3.63) is 187 Å². The van der Waals surface area contributed by atoms with Gasteiger partial charge < -0.3 is 0 Å². The summed E-state index contributed by atoms with van der Waals surface area (Å²) in [5.74, 6) is 3.58. The van der Waals surface area contributed by atoms with Gasteiger partial charge in [0.15, 0.2) is 40.6 Å². The highest BCUT2D eigenvalue weighted by Gasteiger charge is 2.19. The Hall–Kier alpha value is -7.73. The van der Waals surface area contributed by atoms with Gasteiger partial charge in [-0.25, -0.2) is 34.7 Å². The van der Waals surface area contributed by atoms with Gasteiger partial charge in [0.1, 0.15) is 0 Å². The predicted molar refractivity (Wildman–Crippen MR) is 230 cm³/mol. The van der Waals surface area contributed by atoms with Crippen molar-refractivity contribution >= 4 is 37.2 Å². The van der Waals surface area contributed by atoms with Crippen LogP contribution in [-0.2, 0) is 0 Å². The van der Waals surface area contributed by atoms with Crippen molar-refractivity contribution in [2.45, 2.75) is 0 Å². The summed E-state index contributed by atoms with van der Waals surface area (Å²) >= 11 is 1.73. The maximum Gasteiger partial charge on any atom is 0.187 e. The molecule has 3 heterocycles. The van der Waals surface area contributed by atoms with E-state index in [1.165, 1.54) is 0 Å². The normalized spacial score (nSPS) is 11.1. The van der Waals surface area contributed by atoms with Gasteiger partial charge in [-0.15, -0.1) is 11.3 Å². The number of hydrogen-bond donors (Lipinski definition) is 0. The molecule has 0 saturated carbocycles. The number of fused-ring (bicyclic) bond motifs is 3. The van der Waals surface area contributed by atoms with E-state index < -0.39 is 0 Å². The predicted octanol–water partition coefficient (Wildman–Crippen LogP) is 12.6. The fraction of sp³-hybridized carbons (Fsp3) is 0. The lowest BCUT2D eigenvalue weighted by Crippen LogP contribution is -2.00. The molecule has 3 aromatic heterocycles. The Bertz CT molecular complexity index is 3060. The molecule has 57 heavy (non-hydrogen) atoms. The van der Waals surface area contributed by atoms with Crippen LogP contribution in [-0.4, -0.2) is 29.9 Å². The van der Waals surface area contributed by atoms with Crippen molar-refractivity contribution in [2.24, 2.45) is 0 Å². The molecule has 0 unspecified atom stereocenters. The minimum atomic E-state index is 0.574. The van der Waals surface area contributed by atoms with Crippen molar-refractivity contribution in [1.82, 2.24) is 29.9 Å². The fourth-order valence-electron chi connectivity index (χ4n) is 7.00. The molecule has 10 aromatic rings. The minimum absolute atomic E-state index is 0.574. The Balaban J connectivity index is 1.13. The van der Waals surface area contributed by atoms with Gasteiger partial charge in [-0.05, 0) is 41.5 Å². The summed E-state index contributed by atoms with van der Waals surface area (Å²) in [6.45, 7) is 7.44. The first-order valence-electron chi connectivity index (χ1n) is 18.4. The van der Waals surface area contributed by atoms with Crippen LogP contribution in [0.2, 0.25) is 0 Å². The SMILES string of the molecule is [C-]#[N+]c1cccc(-c2ccc(-c3nc(-c4ccccc4)nc(-c4cccc5sc6ccc(-c7nc(-c8ccccc8)nc(-c8ccccc8)n7)cc6c45)n3)cc2)c1. The van der Waals surface area contributed by atoms with Crippen LogP contribution in [0.1, 0.15) is 0 Å². The summed E-state index contributed by atoms with van der Waals surface area (Å²) in [6.07, 6.45) is 0. The van der Waals surface area contributed by atoms with E-state index in [2.05, 4.69) is 41.2 Å². The van der Waals surface area contributed by atoms with Gasteiger partial charge in [-0.2, -0.15) is 0 Å². The molecule has 7 aromatic carbocycles. The van der Waals surface area contributed by atoms with E-state index in [-0.39, 0.29) is 0 Å². The summed E-state index contributed by atoms with van der Waals surface area (Å²) in [7, 11) is 0. The van der Waals surface area contributed by atoms with Crippen molar-refractivity contribution in [3.63, 3.8) is 0 Å². The quantitative estimate of drug-likeness (QED) is 0.151. The van der Waals surface area contributed by atoms with Crippen molar-refractivity contribution in [3.8, 4) is 79.5 Å². The molecule has 8 heteroatoms. The molecular formula is C49H29N7S. The minimum Gasteiger partial charge on any atom is -0.238 e. The van der Waals surface area contributed by atoms with Gasteiger partial charge in [0.05, 0.1) is 6.57 Å². The highest BCUT2D eigenvalue weighted by Crippen LogP contribution is 2.41. The highest BCUT2D eigenvalue weighted by molar-refractivity contribution is 7.26. The average Bonchev–Trinajstić information content (AvgIpc) is 3.68. The maximum atomic E-state index is 7.44. The highest BCUT2D eigenvalue weighted by atomic mass is 32.1. The van der Waals surface area contributed by atoms with Crippen molar-refractivity contribution < 1.29 is 0 Å². The average molecular weight is 748 g/mol. The number of aromatic nitrogens is 6. The smallest absolute Gasteiger partial charge is 0.187 e. The van der Waals surface area contributed by atoms with Crippen LogP contribution in [0.5, 0.6) is 0 Å². The van der Waals surface area contributed by atoms with Crippen LogP contribution in [0.25, 0.3) is 104 Å². The van der Waals surface area contributed by atoms with E-state index in [1.54, 1.807) is 11.3 Å². The molecule has 0 atom stereocenters. The van der Waals surface area contributed by atoms with Crippen molar-refractivity contribution in [2.75, 3.05) is 0 Å². The topological polar surface area (TPSA) is 81.7 Å². The molecule has 0 bridgehead atoms. The molecule has 0 saturated heterocycles. The second-order valence-corrected chi connectivity index (χ2v) is 14.5. The molecule has 0 aliphatic rings. The van der Waals surface area contributed by atoms with Gasteiger partial charge in [0.2, 0.25) is 0 Å². The van der Waals surface area contributed by atoms with Crippen LogP contribution >= 0.6 is 11.3 Å². The zero-order chi connectivity index (χ0) is 38.1. The van der Waals surface area contributed by atoms with Crippen LogP contribution in [0.3, 0.4) is 0 Å². The summed E-state index contributed by atoms with van der Waals surface area (Å²) in [5, 5.41) is 2.13. The second-order valence-electron chi connectivity index (χ2n) is 13.4. The van der Waals surface area contributed by atoms with Gasteiger partial charge >= 0.3 is 0 Å². The van der Waals surface area contributed by atoms with E-state index in [9.17, 15) is 0 Å². The molecule has 266 valence electrons. The summed E-state index contributed by atoms with van der Waals surface area (Å²) in [4.78, 5) is 33.8. The van der Waals surface area contributed by atoms with Crippen molar-refractivity contribution in [1.29, 1.82) is 0 Å². The number of nitrogens with zero attached hydrogens (tertiary/aromatic N) is 7. The van der Waals surface area contributed by atoms with E-state index >= 15 is 0 Å². The first-order chi connectivity index (χ1) is 28.2. The molecule has 7 nitrogen and oxygen atoms in total. The lowest BCUT2D eigenvalue weighted by Gasteiger charge is -2.11. The third kappa shape index (κ3) is 6.59. The fourth-order valence-corrected chi connectivity index (χ4v) is 8.11. The maximum absolute atomic E-state index is 7.44. The van der Waals surface area contributed by atoms with Gasteiger partial charge in [0, 0.05) is 53.6 Å². The zero-order valence-electron chi connectivity index (χ0n) is 30.3. The van der Waals surface area contributed by atoms with Crippen LogP contribution < -0.4 is 0 Å². The molecule has 0 fully saturated rings. The molecule has 0 spiro atoms. The van der Waals surface area contributed by atoms with Crippen LogP contribution in [0, 0.1) is 6.57 Å². The first kappa shape index (κ1) is 33.8. The Labute approximate surface area is 332 Å². The summed E-state index contributed by atoms with van der Waals surface area (Å²) in [6, 6.07) is 58.6. The Morgan fingerprint density at radius 1 is 0.351 bits per heavy atom. The molecule has 0 aliphatic heterocycles. The zero-order valence-corrected chi connectivity index (χ0v) is 31.1. The van der Waals surface area contributed by atoms with E-state index in [0.717, 1.165) is 64.7 Å². The van der Waals surface area contributed by atoms with E-state index in [1.807, 2.05) is 140 Å². The molecule has 0 N–H and O–H groups in total. The van der Waals surface area contributed by atoms with Crippen LogP contribution in [0.15, 0.2) is 176 Å². The number of hydrogen-bond acceptors (Lipinski definition) is 7.